The largest absolute Gasteiger partial charge is 0.382 e. The maximum Gasteiger partial charge on any atom is 0.0811 e. The molecule has 16 heavy (non-hydrogen) atoms. The molecule has 1 aliphatic rings. The predicted octanol–water partition coefficient (Wildman–Crippen LogP) is 1.53. The zero-order valence-corrected chi connectivity index (χ0v) is 9.90. The Morgan fingerprint density at radius 1 is 1.31 bits per heavy atom. The van der Waals surface area contributed by atoms with Crippen LogP contribution in [-0.2, 0) is 15.9 Å². The SMILES string of the molecule is CNC1c2ccccc2CC1OCCOC. The second-order valence-electron chi connectivity index (χ2n) is 4.07. The Morgan fingerprint density at radius 2 is 2.12 bits per heavy atom. The summed E-state index contributed by atoms with van der Waals surface area (Å²) in [4.78, 5) is 0. The van der Waals surface area contributed by atoms with Crippen molar-refractivity contribution in [2.45, 2.75) is 18.6 Å². The molecule has 0 aromatic heterocycles. The highest BCUT2D eigenvalue weighted by Crippen LogP contribution is 2.32. The van der Waals surface area contributed by atoms with E-state index in [4.69, 9.17) is 9.47 Å². The Labute approximate surface area is 96.8 Å². The zero-order valence-electron chi connectivity index (χ0n) is 9.90. The summed E-state index contributed by atoms with van der Waals surface area (Å²) in [5, 5.41) is 3.33. The second-order valence-corrected chi connectivity index (χ2v) is 4.07. The molecule has 2 rings (SSSR count). The second kappa shape index (κ2) is 5.43. The number of rotatable bonds is 5. The van der Waals surface area contributed by atoms with E-state index in [0.717, 1.165) is 6.42 Å². The molecule has 3 heteroatoms. The molecular formula is C13H19NO2. The third-order valence-corrected chi connectivity index (χ3v) is 3.11. The van der Waals surface area contributed by atoms with Gasteiger partial charge in [-0.05, 0) is 18.2 Å². The lowest BCUT2D eigenvalue weighted by Gasteiger charge is -2.20. The van der Waals surface area contributed by atoms with E-state index in [0.29, 0.717) is 19.3 Å². The molecule has 1 aliphatic carbocycles. The minimum absolute atomic E-state index is 0.234. The standard InChI is InChI=1S/C13H19NO2/c1-14-13-11-6-4-3-5-10(11)9-12(13)16-8-7-15-2/h3-6,12-14H,7-9H2,1-2H3. The molecule has 1 aromatic rings. The van der Waals surface area contributed by atoms with Crippen LogP contribution in [0.4, 0.5) is 0 Å². The van der Waals surface area contributed by atoms with Gasteiger partial charge in [0.1, 0.15) is 0 Å². The first kappa shape index (κ1) is 11.6. The van der Waals surface area contributed by atoms with Crippen LogP contribution < -0.4 is 5.32 Å². The third kappa shape index (κ3) is 2.26. The van der Waals surface area contributed by atoms with Gasteiger partial charge in [0.25, 0.3) is 0 Å². The molecule has 1 N–H and O–H groups in total. The summed E-state index contributed by atoms with van der Waals surface area (Å²) in [5.41, 5.74) is 2.76. The Bertz CT molecular complexity index is 340. The quantitative estimate of drug-likeness (QED) is 0.765. The number of benzene rings is 1. The number of likely N-dealkylation sites (N-methyl/N-ethyl adjacent to an activating group) is 1. The van der Waals surface area contributed by atoms with Crippen LogP contribution in [0, 0.1) is 0 Å². The summed E-state index contributed by atoms with van der Waals surface area (Å²) >= 11 is 0. The van der Waals surface area contributed by atoms with Crippen LogP contribution in [0.1, 0.15) is 17.2 Å². The average molecular weight is 221 g/mol. The van der Waals surface area contributed by atoms with Crippen LogP contribution in [0.25, 0.3) is 0 Å². The van der Waals surface area contributed by atoms with Gasteiger partial charge in [-0.1, -0.05) is 24.3 Å². The van der Waals surface area contributed by atoms with Gasteiger partial charge in [-0.15, -0.1) is 0 Å². The molecule has 3 nitrogen and oxygen atoms in total. The summed E-state index contributed by atoms with van der Waals surface area (Å²) in [5.74, 6) is 0. The lowest BCUT2D eigenvalue weighted by molar-refractivity contribution is 0.00556. The van der Waals surface area contributed by atoms with E-state index in [2.05, 4.69) is 29.6 Å². The molecule has 2 unspecified atom stereocenters. The topological polar surface area (TPSA) is 30.5 Å². The van der Waals surface area contributed by atoms with Gasteiger partial charge in [-0.2, -0.15) is 0 Å². The van der Waals surface area contributed by atoms with E-state index in [1.54, 1.807) is 7.11 Å². The molecular weight excluding hydrogens is 202 g/mol. The van der Waals surface area contributed by atoms with Crippen LogP contribution in [0.2, 0.25) is 0 Å². The van der Waals surface area contributed by atoms with Gasteiger partial charge in [0, 0.05) is 13.5 Å². The number of nitrogens with one attached hydrogen (secondary N) is 1. The van der Waals surface area contributed by atoms with Crippen molar-refractivity contribution >= 4 is 0 Å². The Kier molecular flexibility index (Phi) is 3.93. The molecule has 0 heterocycles. The molecule has 0 fully saturated rings. The highest BCUT2D eigenvalue weighted by Gasteiger charge is 2.31. The van der Waals surface area contributed by atoms with Crippen molar-refractivity contribution in [3.05, 3.63) is 35.4 Å². The first-order valence-electron chi connectivity index (χ1n) is 5.72. The fourth-order valence-electron chi connectivity index (χ4n) is 2.34. The van der Waals surface area contributed by atoms with Crippen molar-refractivity contribution < 1.29 is 9.47 Å². The van der Waals surface area contributed by atoms with Gasteiger partial charge in [-0.25, -0.2) is 0 Å². The lowest BCUT2D eigenvalue weighted by atomic mass is 10.1. The van der Waals surface area contributed by atoms with Crippen LogP contribution in [-0.4, -0.2) is 33.5 Å². The summed E-state index contributed by atoms with van der Waals surface area (Å²) in [6.45, 7) is 1.32. The maximum atomic E-state index is 5.84. The van der Waals surface area contributed by atoms with E-state index in [-0.39, 0.29) is 6.10 Å². The van der Waals surface area contributed by atoms with Crippen molar-refractivity contribution in [3.8, 4) is 0 Å². The van der Waals surface area contributed by atoms with Crippen LogP contribution >= 0.6 is 0 Å². The first-order valence-corrected chi connectivity index (χ1v) is 5.72. The van der Waals surface area contributed by atoms with Crippen LogP contribution in [0.3, 0.4) is 0 Å². The lowest BCUT2D eigenvalue weighted by Crippen LogP contribution is -2.29. The summed E-state index contributed by atoms with van der Waals surface area (Å²) in [6, 6.07) is 8.84. The highest BCUT2D eigenvalue weighted by molar-refractivity contribution is 5.36. The maximum absolute atomic E-state index is 5.84. The minimum Gasteiger partial charge on any atom is -0.382 e. The van der Waals surface area contributed by atoms with Gasteiger partial charge in [0.05, 0.1) is 25.4 Å². The van der Waals surface area contributed by atoms with E-state index in [1.807, 2.05) is 7.05 Å². The smallest absolute Gasteiger partial charge is 0.0811 e. The molecule has 0 spiro atoms. The number of ether oxygens (including phenoxy) is 2. The molecule has 0 aliphatic heterocycles. The molecule has 1 aromatic carbocycles. The molecule has 0 radical (unpaired) electrons. The van der Waals surface area contributed by atoms with Crippen molar-refractivity contribution in [2.24, 2.45) is 0 Å². The van der Waals surface area contributed by atoms with E-state index in [9.17, 15) is 0 Å². The Morgan fingerprint density at radius 3 is 2.88 bits per heavy atom. The molecule has 2 atom stereocenters. The van der Waals surface area contributed by atoms with Gasteiger partial charge < -0.3 is 14.8 Å². The van der Waals surface area contributed by atoms with Gasteiger partial charge in [0.2, 0.25) is 0 Å². The number of fused-ring (bicyclic) bond motifs is 1. The Hall–Kier alpha value is -0.900. The van der Waals surface area contributed by atoms with Crippen molar-refractivity contribution in [2.75, 3.05) is 27.4 Å². The van der Waals surface area contributed by atoms with E-state index in [1.165, 1.54) is 11.1 Å². The number of hydrogen-bond acceptors (Lipinski definition) is 3. The molecule has 0 saturated heterocycles. The van der Waals surface area contributed by atoms with Crippen molar-refractivity contribution in [1.29, 1.82) is 0 Å². The summed E-state index contributed by atoms with van der Waals surface area (Å²) in [6.07, 6.45) is 1.23. The summed E-state index contributed by atoms with van der Waals surface area (Å²) in [7, 11) is 3.68. The normalized spacial score (nSPS) is 23.4. The van der Waals surface area contributed by atoms with Crippen molar-refractivity contribution in [1.82, 2.24) is 5.32 Å². The molecule has 0 bridgehead atoms. The third-order valence-electron chi connectivity index (χ3n) is 3.11. The molecule has 88 valence electrons. The molecule has 0 saturated carbocycles. The Balaban J connectivity index is 2.03. The highest BCUT2D eigenvalue weighted by atomic mass is 16.5. The molecule has 0 amide bonds. The predicted molar refractivity (Wildman–Crippen MR) is 63.6 cm³/mol. The van der Waals surface area contributed by atoms with E-state index >= 15 is 0 Å². The number of methoxy groups -OCH3 is 1. The average Bonchev–Trinajstić information content (AvgIpc) is 2.67. The minimum atomic E-state index is 0.234. The monoisotopic (exact) mass is 221 g/mol. The zero-order chi connectivity index (χ0) is 11.4. The van der Waals surface area contributed by atoms with Crippen molar-refractivity contribution in [3.63, 3.8) is 0 Å². The van der Waals surface area contributed by atoms with Crippen LogP contribution in [0.15, 0.2) is 24.3 Å². The van der Waals surface area contributed by atoms with E-state index < -0.39 is 0 Å². The van der Waals surface area contributed by atoms with Gasteiger partial charge in [0.15, 0.2) is 0 Å². The van der Waals surface area contributed by atoms with Gasteiger partial charge in [-0.3, -0.25) is 0 Å². The summed E-state index contributed by atoms with van der Waals surface area (Å²) < 4.78 is 10.8. The number of hydrogen-bond donors (Lipinski definition) is 1. The van der Waals surface area contributed by atoms with Gasteiger partial charge >= 0.3 is 0 Å². The fraction of sp³-hybridized carbons (Fsp3) is 0.538. The first-order chi connectivity index (χ1) is 7.86. The fourth-order valence-corrected chi connectivity index (χ4v) is 2.34. The van der Waals surface area contributed by atoms with Crippen LogP contribution in [0.5, 0.6) is 0 Å².